The van der Waals surface area contributed by atoms with Crippen molar-refractivity contribution >= 4 is 23.6 Å². The third kappa shape index (κ3) is 4.39. The lowest BCUT2D eigenvalue weighted by molar-refractivity contribution is -0.137. The highest BCUT2D eigenvalue weighted by Crippen LogP contribution is 2.44. The Balaban J connectivity index is 1.50. The summed E-state index contributed by atoms with van der Waals surface area (Å²) in [6, 6.07) is 7.90. The van der Waals surface area contributed by atoms with E-state index in [1.54, 1.807) is 46.5 Å². The predicted molar refractivity (Wildman–Crippen MR) is 133 cm³/mol. The molecule has 0 spiro atoms. The van der Waals surface area contributed by atoms with Crippen LogP contribution >= 0.6 is 0 Å². The Kier molecular flexibility index (Phi) is 6.14. The molecule has 0 radical (unpaired) electrons. The van der Waals surface area contributed by atoms with Crippen molar-refractivity contribution in [1.82, 2.24) is 30.0 Å². The summed E-state index contributed by atoms with van der Waals surface area (Å²) in [7, 11) is 3.35. The molecule has 0 bridgehead atoms. The molecule has 0 atom stereocenters. The van der Waals surface area contributed by atoms with Gasteiger partial charge in [-0.1, -0.05) is 30.7 Å². The van der Waals surface area contributed by atoms with Gasteiger partial charge < -0.3 is 16.0 Å². The van der Waals surface area contributed by atoms with Gasteiger partial charge in [0.2, 0.25) is 11.9 Å². The summed E-state index contributed by atoms with van der Waals surface area (Å²) >= 11 is 0. The van der Waals surface area contributed by atoms with Crippen LogP contribution in [0, 0.1) is 5.41 Å². The minimum Gasteiger partial charge on any atom is -0.368 e. The molecule has 1 fully saturated rings. The standard InChI is InChI=1S/C25H30N8O2/c1-24(2,22(35)32(3)4)33-15-18(14-30-33)20(34)31-21(26)25(10-5-11-25)19-8-6-16(7-9-19)17-12-28-23(27)29-13-17/h6-9,12-15H,5,10-11H2,1-4H3,(H2,26,31,34)(H2,27,28,29). The van der Waals surface area contributed by atoms with Gasteiger partial charge in [0.15, 0.2) is 0 Å². The highest BCUT2D eigenvalue weighted by Gasteiger charge is 2.43. The Hall–Kier alpha value is -4.08. The second-order valence-corrected chi connectivity index (χ2v) is 9.60. The van der Waals surface area contributed by atoms with Gasteiger partial charge >= 0.3 is 0 Å². The molecule has 0 unspecified atom stereocenters. The number of nitrogens with two attached hydrogens (primary N) is 1. The third-order valence-corrected chi connectivity index (χ3v) is 6.71. The molecule has 182 valence electrons. The van der Waals surface area contributed by atoms with E-state index in [1.807, 2.05) is 24.3 Å². The average molecular weight is 475 g/mol. The molecule has 3 aromatic rings. The van der Waals surface area contributed by atoms with E-state index in [0.29, 0.717) is 5.56 Å². The molecule has 1 saturated carbocycles. The molecular weight excluding hydrogens is 444 g/mol. The van der Waals surface area contributed by atoms with Gasteiger partial charge in [0, 0.05) is 38.2 Å². The fourth-order valence-electron chi connectivity index (χ4n) is 4.38. The van der Waals surface area contributed by atoms with Crippen LogP contribution in [0.1, 0.15) is 49.0 Å². The van der Waals surface area contributed by atoms with Crippen molar-refractivity contribution in [3.63, 3.8) is 0 Å². The van der Waals surface area contributed by atoms with E-state index in [4.69, 9.17) is 11.1 Å². The first-order chi connectivity index (χ1) is 16.5. The average Bonchev–Trinajstić information content (AvgIpc) is 3.30. The lowest BCUT2D eigenvalue weighted by Gasteiger charge is -2.42. The SMILES string of the molecule is CN(C)C(=O)C(C)(C)n1cc(C(=O)NC(=N)C2(c3ccc(-c4cnc(N)nc4)cc3)CCC2)cn1. The first-order valence-electron chi connectivity index (χ1n) is 11.4. The minimum absolute atomic E-state index is 0.136. The van der Waals surface area contributed by atoms with Crippen LogP contribution in [0.2, 0.25) is 0 Å². The molecule has 4 rings (SSSR count). The van der Waals surface area contributed by atoms with Crippen molar-refractivity contribution in [2.24, 2.45) is 0 Å². The van der Waals surface area contributed by atoms with Crippen molar-refractivity contribution in [3.05, 3.63) is 60.2 Å². The second-order valence-electron chi connectivity index (χ2n) is 9.60. The number of aromatic nitrogens is 4. The summed E-state index contributed by atoms with van der Waals surface area (Å²) < 4.78 is 1.48. The maximum absolute atomic E-state index is 13.0. The van der Waals surface area contributed by atoms with Crippen molar-refractivity contribution in [2.75, 3.05) is 19.8 Å². The third-order valence-electron chi connectivity index (χ3n) is 6.71. The number of rotatable bonds is 6. The number of nitrogens with zero attached hydrogens (tertiary/aromatic N) is 5. The van der Waals surface area contributed by atoms with Crippen molar-refractivity contribution in [3.8, 4) is 11.1 Å². The summed E-state index contributed by atoms with van der Waals surface area (Å²) in [5.74, 6) is -0.172. The normalized spacial score (nSPS) is 14.6. The molecule has 1 aliphatic carbocycles. The molecule has 35 heavy (non-hydrogen) atoms. The molecule has 2 aromatic heterocycles. The van der Waals surface area contributed by atoms with Gasteiger partial charge in [-0.15, -0.1) is 0 Å². The van der Waals surface area contributed by atoms with E-state index in [2.05, 4.69) is 20.4 Å². The number of hydrogen-bond acceptors (Lipinski definition) is 7. The summed E-state index contributed by atoms with van der Waals surface area (Å²) in [4.78, 5) is 35.0. The first-order valence-corrected chi connectivity index (χ1v) is 11.4. The van der Waals surface area contributed by atoms with Gasteiger partial charge in [-0.05, 0) is 37.8 Å². The van der Waals surface area contributed by atoms with Crippen LogP contribution in [0.15, 0.2) is 49.1 Å². The maximum atomic E-state index is 13.0. The lowest BCUT2D eigenvalue weighted by Crippen LogP contribution is -2.50. The van der Waals surface area contributed by atoms with Crippen molar-refractivity contribution in [1.29, 1.82) is 5.41 Å². The number of benzene rings is 1. The second kappa shape index (κ2) is 8.94. The van der Waals surface area contributed by atoms with E-state index in [1.165, 1.54) is 15.8 Å². The van der Waals surface area contributed by atoms with Gasteiger partial charge in [-0.3, -0.25) is 19.7 Å². The molecular formula is C25H30N8O2. The van der Waals surface area contributed by atoms with Crippen LogP contribution in [0.5, 0.6) is 0 Å². The zero-order chi connectivity index (χ0) is 25.4. The highest BCUT2D eigenvalue weighted by molar-refractivity contribution is 6.09. The van der Waals surface area contributed by atoms with E-state index in [-0.39, 0.29) is 17.7 Å². The summed E-state index contributed by atoms with van der Waals surface area (Å²) in [5.41, 5.74) is 7.16. The number of amidine groups is 1. The van der Waals surface area contributed by atoms with Crippen LogP contribution in [-0.4, -0.2) is 56.4 Å². The van der Waals surface area contributed by atoms with Gasteiger partial charge in [-0.25, -0.2) is 9.97 Å². The van der Waals surface area contributed by atoms with Crippen LogP contribution in [-0.2, 0) is 15.7 Å². The van der Waals surface area contributed by atoms with Gasteiger partial charge in [0.1, 0.15) is 11.4 Å². The number of carbonyl (C=O) groups is 2. The smallest absolute Gasteiger partial charge is 0.259 e. The number of hydrogen-bond donors (Lipinski definition) is 3. The van der Waals surface area contributed by atoms with Crippen LogP contribution in [0.4, 0.5) is 5.95 Å². The zero-order valence-electron chi connectivity index (χ0n) is 20.4. The highest BCUT2D eigenvalue weighted by atomic mass is 16.2. The number of likely N-dealkylation sites (N-methyl/N-ethyl adjacent to an activating group) is 1. The molecule has 2 amide bonds. The molecule has 10 heteroatoms. The fourth-order valence-corrected chi connectivity index (χ4v) is 4.38. The monoisotopic (exact) mass is 474 g/mol. The van der Waals surface area contributed by atoms with Crippen LogP contribution in [0.25, 0.3) is 11.1 Å². The van der Waals surface area contributed by atoms with Gasteiger partial charge in [-0.2, -0.15) is 5.10 Å². The number of anilines is 1. The molecule has 1 aliphatic rings. The van der Waals surface area contributed by atoms with Crippen molar-refractivity contribution < 1.29 is 9.59 Å². The number of carbonyl (C=O) groups excluding carboxylic acids is 2. The van der Waals surface area contributed by atoms with Gasteiger partial charge in [0.25, 0.3) is 5.91 Å². The molecule has 2 heterocycles. The molecule has 10 nitrogen and oxygen atoms in total. The lowest BCUT2D eigenvalue weighted by atomic mass is 9.63. The van der Waals surface area contributed by atoms with E-state index >= 15 is 0 Å². The Labute approximate surface area is 204 Å². The van der Waals surface area contributed by atoms with Gasteiger partial charge in [0.05, 0.1) is 17.2 Å². The largest absolute Gasteiger partial charge is 0.368 e. The summed E-state index contributed by atoms with van der Waals surface area (Å²) in [6.07, 6.45) is 8.84. The van der Waals surface area contributed by atoms with Crippen molar-refractivity contribution in [2.45, 2.75) is 44.1 Å². The zero-order valence-corrected chi connectivity index (χ0v) is 20.4. The van der Waals surface area contributed by atoms with E-state index in [9.17, 15) is 9.59 Å². The Morgan fingerprint density at radius 1 is 1.09 bits per heavy atom. The molecule has 4 N–H and O–H groups in total. The topological polar surface area (TPSA) is 143 Å². The molecule has 1 aromatic carbocycles. The number of nitrogen functional groups attached to an aromatic ring is 1. The quantitative estimate of drug-likeness (QED) is 0.370. The summed E-state index contributed by atoms with van der Waals surface area (Å²) in [6.45, 7) is 3.49. The number of nitrogens with one attached hydrogen (secondary N) is 2. The van der Waals surface area contributed by atoms with Crippen LogP contribution in [0.3, 0.4) is 0 Å². The Morgan fingerprint density at radius 2 is 1.71 bits per heavy atom. The minimum atomic E-state index is -0.942. The molecule has 0 aliphatic heterocycles. The summed E-state index contributed by atoms with van der Waals surface area (Å²) in [5, 5.41) is 15.8. The van der Waals surface area contributed by atoms with Crippen LogP contribution < -0.4 is 11.1 Å². The Bertz CT molecular complexity index is 1260. The Morgan fingerprint density at radius 3 is 2.26 bits per heavy atom. The number of amides is 2. The molecule has 0 saturated heterocycles. The fraction of sp³-hybridized carbons (Fsp3) is 0.360. The predicted octanol–water partition coefficient (Wildman–Crippen LogP) is 2.57. The maximum Gasteiger partial charge on any atom is 0.259 e. The first kappa shape index (κ1) is 24.1. The van der Waals surface area contributed by atoms with E-state index < -0.39 is 16.9 Å². The van der Waals surface area contributed by atoms with E-state index in [0.717, 1.165) is 36.0 Å².